The van der Waals surface area contributed by atoms with Gasteiger partial charge in [-0.25, -0.2) is 0 Å². The van der Waals surface area contributed by atoms with Gasteiger partial charge in [0.15, 0.2) is 0 Å². The number of para-hydroxylation sites is 1. The third-order valence-corrected chi connectivity index (χ3v) is 3.15. The van der Waals surface area contributed by atoms with Crippen molar-refractivity contribution < 1.29 is 14.6 Å². The summed E-state index contributed by atoms with van der Waals surface area (Å²) in [6, 6.07) is 7.69. The van der Waals surface area contributed by atoms with Crippen molar-refractivity contribution in [3.8, 4) is 5.75 Å². The van der Waals surface area contributed by atoms with Crippen molar-refractivity contribution in [2.45, 2.75) is 12.8 Å². The van der Waals surface area contributed by atoms with Gasteiger partial charge in [0.05, 0.1) is 12.5 Å². The molecule has 0 saturated carbocycles. The Kier molecular flexibility index (Phi) is 3.64. The first kappa shape index (κ1) is 11.9. The fourth-order valence-electron chi connectivity index (χ4n) is 2.34. The standard InChI is InChI=1S/C13H17NO3/c1-2-17-12-6-4-3-5-9(12)10-7-14-8-11(10)13(15)16/h3-6,10-11,14H,2,7-8H2,1H3,(H,15,16)/t10-,11-/m0/s1. The van der Waals surface area contributed by atoms with Gasteiger partial charge in [0, 0.05) is 19.0 Å². The molecule has 0 unspecified atom stereocenters. The molecule has 92 valence electrons. The molecule has 0 bridgehead atoms. The summed E-state index contributed by atoms with van der Waals surface area (Å²) in [6.45, 7) is 3.74. The smallest absolute Gasteiger partial charge is 0.308 e. The minimum Gasteiger partial charge on any atom is -0.494 e. The summed E-state index contributed by atoms with van der Waals surface area (Å²) in [7, 11) is 0. The van der Waals surface area contributed by atoms with Crippen molar-refractivity contribution >= 4 is 5.97 Å². The first-order valence-electron chi connectivity index (χ1n) is 5.89. The van der Waals surface area contributed by atoms with Crippen LogP contribution in [0, 0.1) is 5.92 Å². The number of hydrogen-bond acceptors (Lipinski definition) is 3. The Labute approximate surface area is 101 Å². The third kappa shape index (κ3) is 2.42. The predicted octanol–water partition coefficient (Wildman–Crippen LogP) is 1.47. The van der Waals surface area contributed by atoms with Gasteiger partial charge in [0.1, 0.15) is 5.75 Å². The zero-order chi connectivity index (χ0) is 12.3. The lowest BCUT2D eigenvalue weighted by molar-refractivity contribution is -0.141. The van der Waals surface area contributed by atoms with E-state index in [1.165, 1.54) is 0 Å². The Bertz CT molecular complexity index is 405. The highest BCUT2D eigenvalue weighted by Crippen LogP contribution is 2.34. The second kappa shape index (κ2) is 5.19. The maximum Gasteiger partial charge on any atom is 0.308 e. The molecule has 0 aliphatic carbocycles. The van der Waals surface area contributed by atoms with Crippen LogP contribution in [-0.2, 0) is 4.79 Å². The normalized spacial score (nSPS) is 23.6. The molecule has 1 heterocycles. The predicted molar refractivity (Wildman–Crippen MR) is 64.3 cm³/mol. The lowest BCUT2D eigenvalue weighted by Gasteiger charge is -2.18. The quantitative estimate of drug-likeness (QED) is 0.829. The van der Waals surface area contributed by atoms with E-state index in [1.807, 2.05) is 31.2 Å². The maximum absolute atomic E-state index is 11.2. The topological polar surface area (TPSA) is 58.6 Å². The van der Waals surface area contributed by atoms with Crippen LogP contribution in [-0.4, -0.2) is 30.8 Å². The van der Waals surface area contributed by atoms with E-state index in [9.17, 15) is 9.90 Å². The highest BCUT2D eigenvalue weighted by Gasteiger charge is 2.35. The fourth-order valence-corrected chi connectivity index (χ4v) is 2.34. The van der Waals surface area contributed by atoms with E-state index in [0.29, 0.717) is 19.7 Å². The highest BCUT2D eigenvalue weighted by atomic mass is 16.5. The van der Waals surface area contributed by atoms with Crippen LogP contribution in [0.15, 0.2) is 24.3 Å². The van der Waals surface area contributed by atoms with E-state index in [0.717, 1.165) is 11.3 Å². The van der Waals surface area contributed by atoms with Gasteiger partial charge in [-0.2, -0.15) is 0 Å². The van der Waals surface area contributed by atoms with Crippen LogP contribution in [0.25, 0.3) is 0 Å². The third-order valence-electron chi connectivity index (χ3n) is 3.15. The van der Waals surface area contributed by atoms with Crippen molar-refractivity contribution in [2.24, 2.45) is 5.92 Å². The summed E-state index contributed by atoms with van der Waals surface area (Å²) in [5, 5.41) is 12.3. The first-order chi connectivity index (χ1) is 8.24. The molecule has 0 aromatic heterocycles. The number of hydrogen-bond donors (Lipinski definition) is 2. The van der Waals surface area contributed by atoms with Crippen molar-refractivity contribution in [1.29, 1.82) is 0 Å². The lowest BCUT2D eigenvalue weighted by Crippen LogP contribution is -2.21. The Hall–Kier alpha value is -1.55. The molecule has 0 amide bonds. The number of rotatable bonds is 4. The summed E-state index contributed by atoms with van der Waals surface area (Å²) in [4.78, 5) is 11.2. The first-order valence-corrected chi connectivity index (χ1v) is 5.89. The average Bonchev–Trinajstić information content (AvgIpc) is 2.79. The van der Waals surface area contributed by atoms with Crippen molar-refractivity contribution in [2.75, 3.05) is 19.7 Å². The van der Waals surface area contributed by atoms with Gasteiger partial charge in [0.25, 0.3) is 0 Å². The molecule has 2 rings (SSSR count). The lowest BCUT2D eigenvalue weighted by atomic mass is 9.88. The summed E-state index contributed by atoms with van der Waals surface area (Å²) < 4.78 is 5.56. The van der Waals surface area contributed by atoms with E-state index in [4.69, 9.17) is 4.74 Å². The SMILES string of the molecule is CCOc1ccccc1[C@@H]1CNC[C@@H]1C(=O)O. The van der Waals surface area contributed by atoms with E-state index in [-0.39, 0.29) is 11.8 Å². The molecule has 1 aromatic carbocycles. The molecular formula is C13H17NO3. The molecule has 17 heavy (non-hydrogen) atoms. The number of carboxylic acid groups (broad SMARTS) is 1. The second-order valence-corrected chi connectivity index (χ2v) is 4.18. The van der Waals surface area contributed by atoms with Gasteiger partial charge < -0.3 is 15.2 Å². The van der Waals surface area contributed by atoms with Crippen LogP contribution < -0.4 is 10.1 Å². The zero-order valence-corrected chi connectivity index (χ0v) is 9.85. The largest absolute Gasteiger partial charge is 0.494 e. The van der Waals surface area contributed by atoms with E-state index in [2.05, 4.69) is 5.32 Å². The van der Waals surface area contributed by atoms with E-state index >= 15 is 0 Å². The van der Waals surface area contributed by atoms with Gasteiger partial charge in [-0.1, -0.05) is 18.2 Å². The van der Waals surface area contributed by atoms with Crippen molar-refractivity contribution in [3.63, 3.8) is 0 Å². The average molecular weight is 235 g/mol. The number of nitrogens with one attached hydrogen (secondary N) is 1. The molecule has 4 nitrogen and oxygen atoms in total. The molecular weight excluding hydrogens is 218 g/mol. The number of carboxylic acids is 1. The number of ether oxygens (including phenoxy) is 1. The van der Waals surface area contributed by atoms with Crippen molar-refractivity contribution in [3.05, 3.63) is 29.8 Å². The van der Waals surface area contributed by atoms with Crippen LogP contribution in [0.1, 0.15) is 18.4 Å². The van der Waals surface area contributed by atoms with Gasteiger partial charge in [-0.3, -0.25) is 4.79 Å². The highest BCUT2D eigenvalue weighted by molar-refractivity contribution is 5.72. The second-order valence-electron chi connectivity index (χ2n) is 4.18. The van der Waals surface area contributed by atoms with Gasteiger partial charge >= 0.3 is 5.97 Å². The van der Waals surface area contributed by atoms with E-state index < -0.39 is 5.97 Å². The van der Waals surface area contributed by atoms with Crippen molar-refractivity contribution in [1.82, 2.24) is 5.32 Å². The van der Waals surface area contributed by atoms with Crippen LogP contribution in [0.2, 0.25) is 0 Å². The molecule has 1 aliphatic rings. The molecule has 0 spiro atoms. The number of benzene rings is 1. The van der Waals surface area contributed by atoms with Crippen LogP contribution in [0.4, 0.5) is 0 Å². The minimum absolute atomic E-state index is 0.00440. The molecule has 2 atom stereocenters. The molecule has 0 radical (unpaired) electrons. The zero-order valence-electron chi connectivity index (χ0n) is 9.85. The summed E-state index contributed by atoms with van der Waals surface area (Å²) in [5.74, 6) is -0.312. The molecule has 1 aliphatic heterocycles. The molecule has 1 aromatic rings. The monoisotopic (exact) mass is 235 g/mol. The molecule has 1 fully saturated rings. The fraction of sp³-hybridized carbons (Fsp3) is 0.462. The molecule has 1 saturated heterocycles. The van der Waals surface area contributed by atoms with Gasteiger partial charge in [-0.15, -0.1) is 0 Å². The van der Waals surface area contributed by atoms with E-state index in [1.54, 1.807) is 0 Å². The molecule has 4 heteroatoms. The summed E-state index contributed by atoms with van der Waals surface area (Å²) >= 11 is 0. The Morgan fingerprint density at radius 2 is 2.24 bits per heavy atom. The molecule has 2 N–H and O–H groups in total. The Morgan fingerprint density at radius 1 is 1.47 bits per heavy atom. The van der Waals surface area contributed by atoms with Gasteiger partial charge in [0.2, 0.25) is 0 Å². The van der Waals surface area contributed by atoms with Crippen LogP contribution >= 0.6 is 0 Å². The maximum atomic E-state index is 11.2. The Morgan fingerprint density at radius 3 is 2.94 bits per heavy atom. The number of carbonyl (C=O) groups is 1. The Balaban J connectivity index is 2.29. The van der Waals surface area contributed by atoms with Crippen LogP contribution in [0.3, 0.4) is 0 Å². The number of aliphatic carboxylic acids is 1. The minimum atomic E-state index is -0.744. The summed E-state index contributed by atoms with van der Waals surface area (Å²) in [6.07, 6.45) is 0. The van der Waals surface area contributed by atoms with Crippen LogP contribution in [0.5, 0.6) is 5.75 Å². The summed E-state index contributed by atoms with van der Waals surface area (Å²) in [5.41, 5.74) is 0.992. The van der Waals surface area contributed by atoms with Gasteiger partial charge in [-0.05, 0) is 18.6 Å².